The predicted molar refractivity (Wildman–Crippen MR) is 137 cm³/mol. The number of piperidine rings is 1. The third-order valence-electron chi connectivity index (χ3n) is 7.00. The van der Waals surface area contributed by atoms with Crippen molar-refractivity contribution in [1.82, 2.24) is 21.1 Å². The van der Waals surface area contributed by atoms with Gasteiger partial charge in [0.1, 0.15) is 18.2 Å². The lowest BCUT2D eigenvalue weighted by Gasteiger charge is -2.41. The van der Waals surface area contributed by atoms with Crippen LogP contribution < -0.4 is 16.1 Å². The van der Waals surface area contributed by atoms with E-state index in [1.165, 1.54) is 6.92 Å². The van der Waals surface area contributed by atoms with Gasteiger partial charge in [-0.05, 0) is 30.4 Å². The number of benzene rings is 2. The number of carbonyl (C=O) groups is 4. The van der Waals surface area contributed by atoms with Crippen molar-refractivity contribution in [3.8, 4) is 0 Å². The average Bonchev–Trinajstić information content (AvgIpc) is 2.90. The van der Waals surface area contributed by atoms with E-state index in [1.54, 1.807) is 5.01 Å². The minimum Gasteiger partial charge on any atom is -0.445 e. The molecular weight excluding hydrogens is 472 g/mol. The topological polar surface area (TPSA) is 117 Å². The van der Waals surface area contributed by atoms with Gasteiger partial charge in [0.25, 0.3) is 0 Å². The van der Waals surface area contributed by atoms with E-state index in [4.69, 9.17) is 4.74 Å². The summed E-state index contributed by atoms with van der Waals surface area (Å²) in [6, 6.07) is 17.0. The third-order valence-corrected chi connectivity index (χ3v) is 7.00. The number of ketones is 1. The van der Waals surface area contributed by atoms with E-state index in [9.17, 15) is 19.2 Å². The van der Waals surface area contributed by atoms with Gasteiger partial charge in [0, 0.05) is 13.5 Å². The second-order valence-corrected chi connectivity index (χ2v) is 9.72. The molecule has 196 valence electrons. The number of carbonyl (C=O) groups excluding carboxylic acids is 4. The molecule has 2 fully saturated rings. The Morgan fingerprint density at radius 3 is 2.27 bits per heavy atom. The van der Waals surface area contributed by atoms with E-state index >= 15 is 0 Å². The van der Waals surface area contributed by atoms with Gasteiger partial charge in [0.15, 0.2) is 5.78 Å². The van der Waals surface area contributed by atoms with Gasteiger partial charge in [-0.2, -0.15) is 0 Å². The SMILES string of the molecule is CC(=O)NN1CCC(NC(=O)C2(NC(=O)OCc3ccccc3)CCCCC2)C(=O)C1c1ccccc1. The van der Waals surface area contributed by atoms with Gasteiger partial charge in [-0.25, -0.2) is 9.80 Å². The smallest absolute Gasteiger partial charge is 0.408 e. The van der Waals surface area contributed by atoms with Crippen LogP contribution >= 0.6 is 0 Å². The zero-order valence-corrected chi connectivity index (χ0v) is 21.1. The lowest BCUT2D eigenvalue weighted by atomic mass is 9.80. The van der Waals surface area contributed by atoms with Crippen LogP contribution in [0.25, 0.3) is 0 Å². The molecule has 1 saturated heterocycles. The van der Waals surface area contributed by atoms with Gasteiger partial charge in [0.2, 0.25) is 11.8 Å². The average molecular weight is 507 g/mol. The molecule has 9 nitrogen and oxygen atoms in total. The van der Waals surface area contributed by atoms with Crippen LogP contribution in [0.3, 0.4) is 0 Å². The summed E-state index contributed by atoms with van der Waals surface area (Å²) in [5.74, 6) is -0.852. The van der Waals surface area contributed by atoms with Crippen molar-refractivity contribution in [1.29, 1.82) is 0 Å². The number of ether oxygens (including phenoxy) is 1. The molecule has 3 N–H and O–H groups in total. The largest absolute Gasteiger partial charge is 0.445 e. The standard InChI is InChI=1S/C28H34N4O5/c1-20(33)31-32-18-15-23(25(34)24(32)22-13-7-3-8-14-22)29-26(35)28(16-9-4-10-17-28)30-27(36)37-19-21-11-5-2-6-12-21/h2-3,5-8,11-14,23-24H,4,9-10,15-19H2,1H3,(H,29,35)(H,30,36)(H,31,33). The molecule has 2 atom stereocenters. The highest BCUT2D eigenvalue weighted by atomic mass is 16.5. The van der Waals surface area contributed by atoms with Crippen LogP contribution in [0.15, 0.2) is 60.7 Å². The number of Topliss-reactive ketones (excluding diaryl/α,β-unsaturated/α-hetero) is 1. The van der Waals surface area contributed by atoms with E-state index in [2.05, 4.69) is 16.1 Å². The molecule has 2 unspecified atom stereocenters. The summed E-state index contributed by atoms with van der Waals surface area (Å²) < 4.78 is 5.40. The van der Waals surface area contributed by atoms with E-state index in [-0.39, 0.29) is 24.2 Å². The zero-order chi connectivity index (χ0) is 26.3. The number of rotatable bonds is 7. The molecule has 2 aliphatic rings. The van der Waals surface area contributed by atoms with Crippen LogP contribution in [0.4, 0.5) is 4.79 Å². The van der Waals surface area contributed by atoms with Gasteiger partial charge in [-0.3, -0.25) is 19.8 Å². The van der Waals surface area contributed by atoms with E-state index in [0.29, 0.717) is 25.8 Å². The molecule has 0 radical (unpaired) electrons. The van der Waals surface area contributed by atoms with Gasteiger partial charge in [-0.1, -0.05) is 79.9 Å². The summed E-state index contributed by atoms with van der Waals surface area (Å²) in [6.45, 7) is 1.88. The van der Waals surface area contributed by atoms with Gasteiger partial charge >= 0.3 is 6.09 Å². The lowest BCUT2D eigenvalue weighted by molar-refractivity contribution is -0.140. The maximum Gasteiger partial charge on any atom is 0.408 e. The number of hydrogen-bond acceptors (Lipinski definition) is 6. The normalized spacial score (nSPS) is 21.5. The first-order valence-corrected chi connectivity index (χ1v) is 12.8. The molecule has 1 saturated carbocycles. The van der Waals surface area contributed by atoms with Crippen molar-refractivity contribution < 1.29 is 23.9 Å². The highest BCUT2D eigenvalue weighted by molar-refractivity contribution is 5.97. The van der Waals surface area contributed by atoms with Crippen LogP contribution in [-0.4, -0.2) is 46.8 Å². The molecule has 1 heterocycles. The lowest BCUT2D eigenvalue weighted by Crippen LogP contribution is -2.64. The highest BCUT2D eigenvalue weighted by Crippen LogP contribution is 2.31. The fourth-order valence-electron chi connectivity index (χ4n) is 5.14. The first-order valence-electron chi connectivity index (χ1n) is 12.8. The van der Waals surface area contributed by atoms with Crippen molar-refractivity contribution >= 4 is 23.7 Å². The number of nitrogens with zero attached hydrogens (tertiary/aromatic N) is 1. The van der Waals surface area contributed by atoms with Crippen LogP contribution in [0, 0.1) is 0 Å². The number of nitrogens with one attached hydrogen (secondary N) is 3. The Morgan fingerprint density at radius 2 is 1.62 bits per heavy atom. The second-order valence-electron chi connectivity index (χ2n) is 9.72. The van der Waals surface area contributed by atoms with Crippen molar-refractivity contribution in [3.05, 3.63) is 71.8 Å². The maximum absolute atomic E-state index is 13.6. The van der Waals surface area contributed by atoms with Gasteiger partial charge in [-0.15, -0.1) is 0 Å². The van der Waals surface area contributed by atoms with Crippen LogP contribution in [-0.2, 0) is 25.7 Å². The van der Waals surface area contributed by atoms with Crippen molar-refractivity contribution in [2.75, 3.05) is 6.54 Å². The monoisotopic (exact) mass is 506 g/mol. The van der Waals surface area contributed by atoms with Gasteiger partial charge in [0.05, 0.1) is 6.04 Å². The first kappa shape index (κ1) is 26.3. The van der Waals surface area contributed by atoms with E-state index in [1.807, 2.05) is 60.7 Å². The Kier molecular flexibility index (Phi) is 8.55. The molecule has 9 heteroatoms. The molecule has 4 rings (SSSR count). The molecular formula is C28H34N4O5. The molecule has 0 aromatic heterocycles. The second kappa shape index (κ2) is 12.0. The number of hydrazine groups is 1. The fourth-order valence-corrected chi connectivity index (χ4v) is 5.14. The first-order chi connectivity index (χ1) is 17.9. The third kappa shape index (κ3) is 6.54. The number of alkyl carbamates (subject to hydrolysis) is 1. The van der Waals surface area contributed by atoms with Crippen molar-refractivity contribution in [3.63, 3.8) is 0 Å². The molecule has 37 heavy (non-hydrogen) atoms. The molecule has 1 aliphatic carbocycles. The maximum atomic E-state index is 13.6. The number of hydrogen-bond donors (Lipinski definition) is 3. The molecule has 0 bridgehead atoms. The summed E-state index contributed by atoms with van der Waals surface area (Å²) >= 11 is 0. The predicted octanol–water partition coefficient (Wildman–Crippen LogP) is 3.17. The Hall–Kier alpha value is -3.72. The Bertz CT molecular complexity index is 1100. The van der Waals surface area contributed by atoms with Crippen LogP contribution in [0.5, 0.6) is 0 Å². The van der Waals surface area contributed by atoms with E-state index in [0.717, 1.165) is 30.4 Å². The van der Waals surface area contributed by atoms with Crippen molar-refractivity contribution in [2.45, 2.75) is 69.7 Å². The Labute approximate surface area is 216 Å². The molecule has 0 spiro atoms. The summed E-state index contributed by atoms with van der Waals surface area (Å²) in [5, 5.41) is 7.39. The minimum atomic E-state index is -1.14. The number of amides is 3. The Morgan fingerprint density at radius 1 is 0.973 bits per heavy atom. The molecule has 2 aromatic carbocycles. The fraction of sp³-hybridized carbons (Fsp3) is 0.429. The summed E-state index contributed by atoms with van der Waals surface area (Å²) in [7, 11) is 0. The summed E-state index contributed by atoms with van der Waals surface area (Å²) in [6.07, 6.45) is 3.17. The molecule has 1 aliphatic heterocycles. The zero-order valence-electron chi connectivity index (χ0n) is 21.1. The minimum absolute atomic E-state index is 0.100. The molecule has 2 aromatic rings. The summed E-state index contributed by atoms with van der Waals surface area (Å²) in [4.78, 5) is 51.7. The van der Waals surface area contributed by atoms with Crippen LogP contribution in [0.1, 0.15) is 62.6 Å². The summed E-state index contributed by atoms with van der Waals surface area (Å²) in [5.41, 5.74) is 3.19. The quantitative estimate of drug-likeness (QED) is 0.531. The Balaban J connectivity index is 1.46. The van der Waals surface area contributed by atoms with Crippen molar-refractivity contribution in [2.24, 2.45) is 0 Å². The molecule has 3 amide bonds. The van der Waals surface area contributed by atoms with E-state index < -0.39 is 23.7 Å². The van der Waals surface area contributed by atoms with Crippen LogP contribution in [0.2, 0.25) is 0 Å². The van der Waals surface area contributed by atoms with Gasteiger partial charge < -0.3 is 15.4 Å². The highest BCUT2D eigenvalue weighted by Gasteiger charge is 2.45.